The van der Waals surface area contributed by atoms with Gasteiger partial charge in [0, 0.05) is 6.20 Å². The van der Waals surface area contributed by atoms with Crippen molar-refractivity contribution in [3.63, 3.8) is 0 Å². The number of rotatable bonds is 1. The molecule has 0 atom stereocenters. The quantitative estimate of drug-likeness (QED) is 0.712. The Morgan fingerprint density at radius 1 is 1.24 bits per heavy atom. The van der Waals surface area contributed by atoms with E-state index in [9.17, 15) is 0 Å². The molecule has 0 bridgehead atoms. The number of anilines is 1. The lowest BCUT2D eigenvalue weighted by molar-refractivity contribution is 1.16. The number of fused-ring (bicyclic) bond motifs is 1. The van der Waals surface area contributed by atoms with E-state index in [2.05, 4.69) is 15.0 Å². The average Bonchev–Trinajstić information content (AvgIpc) is 2.78. The van der Waals surface area contributed by atoms with Crippen LogP contribution in [0.25, 0.3) is 21.7 Å². The summed E-state index contributed by atoms with van der Waals surface area (Å²) in [5, 5.41) is 2.87. The summed E-state index contributed by atoms with van der Waals surface area (Å²) in [5.74, 6) is 1.10. The summed E-state index contributed by atoms with van der Waals surface area (Å²) < 4.78 is 0. The molecule has 0 aliphatic rings. The van der Waals surface area contributed by atoms with Crippen LogP contribution in [0.2, 0.25) is 0 Å². The van der Waals surface area contributed by atoms with Crippen LogP contribution >= 0.6 is 11.3 Å². The van der Waals surface area contributed by atoms with Gasteiger partial charge in [0.05, 0.1) is 5.39 Å². The molecule has 0 saturated carbocycles. The van der Waals surface area contributed by atoms with Crippen molar-refractivity contribution in [2.45, 2.75) is 6.92 Å². The van der Waals surface area contributed by atoms with Gasteiger partial charge in [-0.2, -0.15) is 0 Å². The lowest BCUT2D eigenvalue weighted by Gasteiger charge is -2.04. The van der Waals surface area contributed by atoms with Crippen molar-refractivity contribution in [2.75, 3.05) is 5.73 Å². The lowest BCUT2D eigenvalue weighted by Crippen LogP contribution is -1.98. The molecule has 0 saturated heterocycles. The van der Waals surface area contributed by atoms with Crippen LogP contribution in [0.4, 0.5) is 5.82 Å². The molecule has 0 aliphatic heterocycles. The summed E-state index contributed by atoms with van der Waals surface area (Å²) in [4.78, 5) is 14.0. The smallest absolute Gasteiger partial charge is 0.181 e. The summed E-state index contributed by atoms with van der Waals surface area (Å²) in [6.07, 6.45) is 1.74. The first kappa shape index (κ1) is 10.2. The van der Waals surface area contributed by atoms with Gasteiger partial charge in [0.15, 0.2) is 5.82 Å². The predicted octanol–water partition coefficient (Wildman–Crippen LogP) is 2.64. The molecule has 0 unspecified atom stereocenters. The number of hydrogen-bond donors (Lipinski definition) is 1. The van der Waals surface area contributed by atoms with E-state index in [1.54, 1.807) is 17.5 Å². The van der Waals surface area contributed by atoms with Gasteiger partial charge in [-0.15, -0.1) is 11.3 Å². The van der Waals surface area contributed by atoms with Crippen molar-refractivity contribution < 1.29 is 0 Å². The van der Waals surface area contributed by atoms with Crippen LogP contribution in [-0.4, -0.2) is 15.0 Å². The van der Waals surface area contributed by atoms with Gasteiger partial charge in [-0.25, -0.2) is 9.97 Å². The minimum atomic E-state index is 0.510. The zero-order valence-corrected chi connectivity index (χ0v) is 10.0. The Bertz CT molecular complexity index is 690. The topological polar surface area (TPSA) is 64.7 Å². The molecule has 0 spiro atoms. The number of nitrogens with zero attached hydrogens (tertiary/aromatic N) is 3. The minimum Gasteiger partial charge on any atom is -0.383 e. The largest absolute Gasteiger partial charge is 0.383 e. The maximum absolute atomic E-state index is 5.92. The SMILES string of the molecule is Cc1cccnc1-c1nc(N)c2ccsc2n1. The van der Waals surface area contributed by atoms with E-state index in [4.69, 9.17) is 5.73 Å². The molecule has 3 aromatic heterocycles. The highest BCUT2D eigenvalue weighted by Gasteiger charge is 2.10. The highest BCUT2D eigenvalue weighted by Crippen LogP contribution is 2.26. The molecule has 4 nitrogen and oxygen atoms in total. The summed E-state index contributed by atoms with van der Waals surface area (Å²) in [6, 6.07) is 5.82. The van der Waals surface area contributed by atoms with Crippen LogP contribution in [0.5, 0.6) is 0 Å². The molecule has 5 heteroatoms. The van der Waals surface area contributed by atoms with Gasteiger partial charge in [-0.1, -0.05) is 6.07 Å². The lowest BCUT2D eigenvalue weighted by atomic mass is 10.2. The molecule has 0 aromatic carbocycles. The highest BCUT2D eigenvalue weighted by molar-refractivity contribution is 7.16. The Hall–Kier alpha value is -2.01. The Balaban J connectivity index is 2.28. The van der Waals surface area contributed by atoms with Gasteiger partial charge in [0.2, 0.25) is 0 Å². The van der Waals surface area contributed by atoms with Gasteiger partial charge in [0.1, 0.15) is 16.3 Å². The van der Waals surface area contributed by atoms with Crippen LogP contribution in [0, 0.1) is 6.92 Å². The van der Waals surface area contributed by atoms with E-state index in [1.807, 2.05) is 30.5 Å². The Kier molecular flexibility index (Phi) is 2.26. The van der Waals surface area contributed by atoms with E-state index in [-0.39, 0.29) is 0 Å². The molecule has 3 aromatic rings. The first-order chi connectivity index (χ1) is 8.25. The number of hydrogen-bond acceptors (Lipinski definition) is 5. The van der Waals surface area contributed by atoms with E-state index in [0.717, 1.165) is 21.5 Å². The summed E-state index contributed by atoms with van der Waals surface area (Å²) in [5.41, 5.74) is 7.75. The van der Waals surface area contributed by atoms with Gasteiger partial charge in [-0.3, -0.25) is 4.98 Å². The molecular weight excluding hydrogens is 232 g/mol. The van der Waals surface area contributed by atoms with E-state index >= 15 is 0 Å². The first-order valence-corrected chi connectivity index (χ1v) is 6.06. The van der Waals surface area contributed by atoms with Crippen LogP contribution in [-0.2, 0) is 0 Å². The number of aromatic nitrogens is 3. The zero-order chi connectivity index (χ0) is 11.8. The van der Waals surface area contributed by atoms with Crippen LogP contribution in [0.15, 0.2) is 29.8 Å². The molecule has 84 valence electrons. The number of pyridine rings is 1. The maximum atomic E-state index is 5.92. The second-order valence-corrected chi connectivity index (χ2v) is 4.64. The van der Waals surface area contributed by atoms with Crippen molar-refractivity contribution in [1.29, 1.82) is 0 Å². The normalized spacial score (nSPS) is 10.9. The Morgan fingerprint density at radius 3 is 2.94 bits per heavy atom. The second kappa shape index (κ2) is 3.78. The molecule has 0 radical (unpaired) electrons. The monoisotopic (exact) mass is 242 g/mol. The third kappa shape index (κ3) is 1.64. The summed E-state index contributed by atoms with van der Waals surface area (Å²) in [7, 11) is 0. The molecule has 0 aliphatic carbocycles. The summed E-state index contributed by atoms with van der Waals surface area (Å²) >= 11 is 1.56. The molecular formula is C12H10N4S. The van der Waals surface area contributed by atoms with Gasteiger partial charge in [0.25, 0.3) is 0 Å². The van der Waals surface area contributed by atoms with Crippen molar-refractivity contribution in [3.8, 4) is 11.5 Å². The fourth-order valence-corrected chi connectivity index (χ4v) is 2.48. The summed E-state index contributed by atoms with van der Waals surface area (Å²) in [6.45, 7) is 1.99. The number of nitrogen functional groups attached to an aromatic ring is 1. The van der Waals surface area contributed by atoms with Crippen LogP contribution < -0.4 is 5.73 Å². The molecule has 3 heterocycles. The Labute approximate surface area is 102 Å². The van der Waals surface area contributed by atoms with Gasteiger partial charge in [-0.05, 0) is 30.0 Å². The number of nitrogens with two attached hydrogens (primary N) is 1. The molecule has 0 amide bonds. The second-order valence-electron chi connectivity index (χ2n) is 3.74. The molecule has 2 N–H and O–H groups in total. The third-order valence-electron chi connectivity index (χ3n) is 2.58. The molecule has 0 fully saturated rings. The number of aryl methyl sites for hydroxylation is 1. The molecule has 17 heavy (non-hydrogen) atoms. The van der Waals surface area contributed by atoms with Crippen molar-refractivity contribution in [2.24, 2.45) is 0 Å². The highest BCUT2D eigenvalue weighted by atomic mass is 32.1. The number of thiophene rings is 1. The minimum absolute atomic E-state index is 0.510. The van der Waals surface area contributed by atoms with Crippen molar-refractivity contribution >= 4 is 27.4 Å². The van der Waals surface area contributed by atoms with Crippen LogP contribution in [0.3, 0.4) is 0 Å². The zero-order valence-electron chi connectivity index (χ0n) is 9.21. The predicted molar refractivity (Wildman–Crippen MR) is 69.8 cm³/mol. The standard InChI is InChI=1S/C12H10N4S/c1-7-3-2-5-14-9(7)11-15-10(13)8-4-6-17-12(8)16-11/h2-6H,1H3,(H2,13,15,16). The molecule has 3 rings (SSSR count). The van der Waals surface area contributed by atoms with E-state index in [1.165, 1.54) is 0 Å². The van der Waals surface area contributed by atoms with E-state index < -0.39 is 0 Å². The maximum Gasteiger partial charge on any atom is 0.181 e. The third-order valence-corrected chi connectivity index (χ3v) is 3.38. The van der Waals surface area contributed by atoms with Gasteiger partial charge < -0.3 is 5.73 Å². The Morgan fingerprint density at radius 2 is 2.12 bits per heavy atom. The van der Waals surface area contributed by atoms with E-state index in [0.29, 0.717) is 11.6 Å². The van der Waals surface area contributed by atoms with Gasteiger partial charge >= 0.3 is 0 Å². The van der Waals surface area contributed by atoms with Crippen molar-refractivity contribution in [1.82, 2.24) is 15.0 Å². The first-order valence-electron chi connectivity index (χ1n) is 5.18. The fraction of sp³-hybridized carbons (Fsp3) is 0.0833. The van der Waals surface area contributed by atoms with Crippen LogP contribution in [0.1, 0.15) is 5.56 Å². The fourth-order valence-electron chi connectivity index (χ4n) is 1.70. The average molecular weight is 242 g/mol. The van der Waals surface area contributed by atoms with Crippen molar-refractivity contribution in [3.05, 3.63) is 35.3 Å².